The Balaban J connectivity index is 1.59. The van der Waals surface area contributed by atoms with Crippen LogP contribution in [0.4, 0.5) is 4.79 Å². The Kier molecular flexibility index (Phi) is 4.23. The first-order valence-electron chi connectivity index (χ1n) is 7.26. The van der Waals surface area contributed by atoms with E-state index < -0.39 is 18.0 Å². The number of hydrogen-bond donors (Lipinski definition) is 2. The highest BCUT2D eigenvalue weighted by Crippen LogP contribution is 2.17. The summed E-state index contributed by atoms with van der Waals surface area (Å²) in [6, 6.07) is 7.83. The third kappa shape index (κ3) is 3.40. The molecule has 4 amide bonds. The van der Waals surface area contributed by atoms with E-state index in [0.29, 0.717) is 5.89 Å². The van der Waals surface area contributed by atoms with Crippen LogP contribution in [0.3, 0.4) is 0 Å². The quantitative estimate of drug-likeness (QED) is 0.762. The van der Waals surface area contributed by atoms with Crippen LogP contribution in [0.15, 0.2) is 34.7 Å². The highest BCUT2D eigenvalue weighted by atomic mass is 16.4. The summed E-state index contributed by atoms with van der Waals surface area (Å²) in [5, 5.41) is 12.3. The van der Waals surface area contributed by atoms with Crippen LogP contribution < -0.4 is 10.6 Å². The predicted molar refractivity (Wildman–Crippen MR) is 81.3 cm³/mol. The Hall–Kier alpha value is -3.23. The van der Waals surface area contributed by atoms with Crippen LogP contribution in [0.5, 0.6) is 0 Å². The zero-order chi connectivity index (χ0) is 17.1. The molecule has 2 aromatic rings. The van der Waals surface area contributed by atoms with Gasteiger partial charge in [0.05, 0.1) is 13.0 Å². The number of nitrogens with zero attached hydrogens (tertiary/aromatic N) is 3. The number of carbonyl (C=O) groups excluding carboxylic acids is 3. The van der Waals surface area contributed by atoms with Crippen molar-refractivity contribution >= 4 is 17.8 Å². The predicted octanol–water partition coefficient (Wildman–Crippen LogP) is 0.293. The van der Waals surface area contributed by atoms with Gasteiger partial charge in [0.1, 0.15) is 6.04 Å². The summed E-state index contributed by atoms with van der Waals surface area (Å²) in [6.45, 7) is 0.112. The van der Waals surface area contributed by atoms with Crippen molar-refractivity contribution in [3.05, 3.63) is 36.2 Å². The minimum Gasteiger partial charge on any atom is -0.419 e. The molecule has 0 saturated carbocycles. The van der Waals surface area contributed by atoms with Crippen molar-refractivity contribution in [3.8, 4) is 11.5 Å². The van der Waals surface area contributed by atoms with Gasteiger partial charge in [-0.3, -0.25) is 14.9 Å². The smallest absolute Gasteiger partial charge is 0.322 e. The first-order chi connectivity index (χ1) is 11.5. The fourth-order valence-corrected chi connectivity index (χ4v) is 2.24. The first kappa shape index (κ1) is 15.7. The van der Waals surface area contributed by atoms with Crippen molar-refractivity contribution in [2.75, 3.05) is 7.05 Å². The molecule has 2 N–H and O–H groups in total. The van der Waals surface area contributed by atoms with Crippen molar-refractivity contribution in [1.82, 2.24) is 25.7 Å². The summed E-state index contributed by atoms with van der Waals surface area (Å²) in [5.41, 5.74) is 0.788. The third-order valence-electron chi connectivity index (χ3n) is 3.52. The monoisotopic (exact) mass is 329 g/mol. The Morgan fingerprint density at radius 2 is 2.00 bits per heavy atom. The summed E-state index contributed by atoms with van der Waals surface area (Å²) in [7, 11) is 1.56. The lowest BCUT2D eigenvalue weighted by Gasteiger charge is -2.16. The van der Waals surface area contributed by atoms with Crippen molar-refractivity contribution in [1.29, 1.82) is 0 Å². The van der Waals surface area contributed by atoms with E-state index in [0.717, 1.165) is 5.56 Å². The molecule has 1 saturated heterocycles. The van der Waals surface area contributed by atoms with Gasteiger partial charge in [-0.05, 0) is 12.1 Å². The van der Waals surface area contributed by atoms with Gasteiger partial charge in [0.25, 0.3) is 5.91 Å². The topological polar surface area (TPSA) is 117 Å². The van der Waals surface area contributed by atoms with Crippen LogP contribution in [0.2, 0.25) is 0 Å². The maximum atomic E-state index is 12.1. The fourth-order valence-electron chi connectivity index (χ4n) is 2.24. The number of amides is 4. The number of aromatic nitrogens is 2. The number of imide groups is 1. The summed E-state index contributed by atoms with van der Waals surface area (Å²) in [4.78, 5) is 36.0. The maximum absolute atomic E-state index is 12.1. The van der Waals surface area contributed by atoms with Crippen LogP contribution >= 0.6 is 0 Å². The van der Waals surface area contributed by atoms with Gasteiger partial charge < -0.3 is 14.6 Å². The summed E-state index contributed by atoms with van der Waals surface area (Å²) in [6.07, 6.45) is -0.131. The van der Waals surface area contributed by atoms with E-state index in [9.17, 15) is 14.4 Å². The van der Waals surface area contributed by atoms with Gasteiger partial charge in [0.15, 0.2) is 0 Å². The van der Waals surface area contributed by atoms with Crippen LogP contribution in [0, 0.1) is 0 Å². The van der Waals surface area contributed by atoms with Gasteiger partial charge in [0, 0.05) is 12.6 Å². The highest BCUT2D eigenvalue weighted by Gasteiger charge is 2.32. The number of nitrogens with one attached hydrogen (secondary N) is 2. The standard InChI is InChI=1S/C15H15N5O4/c1-20(12(21)7-10-13(22)17-15(23)16-10)8-11-18-19-14(24-11)9-5-3-2-4-6-9/h2-6,10H,7-8H2,1H3,(H2,16,17,22,23)/t10-/m1/s1. The summed E-state index contributed by atoms with van der Waals surface area (Å²) >= 11 is 0. The Morgan fingerprint density at radius 3 is 2.67 bits per heavy atom. The average Bonchev–Trinajstić information content (AvgIpc) is 3.15. The van der Waals surface area contributed by atoms with E-state index in [4.69, 9.17) is 4.42 Å². The molecule has 0 spiro atoms. The zero-order valence-electron chi connectivity index (χ0n) is 12.9. The molecule has 9 heteroatoms. The number of carbonyl (C=O) groups is 3. The molecule has 124 valence electrons. The van der Waals surface area contributed by atoms with Crippen LogP contribution in [0.25, 0.3) is 11.5 Å². The second-order valence-electron chi connectivity index (χ2n) is 5.34. The molecule has 2 heterocycles. The minimum absolute atomic E-state index is 0.112. The molecule has 1 aromatic heterocycles. The van der Waals surface area contributed by atoms with Crippen LogP contribution in [-0.2, 0) is 16.1 Å². The van der Waals surface area contributed by atoms with E-state index in [1.807, 2.05) is 30.3 Å². The molecule has 24 heavy (non-hydrogen) atoms. The lowest BCUT2D eigenvalue weighted by Crippen LogP contribution is -2.37. The van der Waals surface area contributed by atoms with Gasteiger partial charge in [0.2, 0.25) is 17.7 Å². The number of rotatable bonds is 5. The van der Waals surface area contributed by atoms with Crippen LogP contribution in [0.1, 0.15) is 12.3 Å². The largest absolute Gasteiger partial charge is 0.419 e. The van der Waals surface area contributed by atoms with Crippen molar-refractivity contribution in [2.24, 2.45) is 0 Å². The van der Waals surface area contributed by atoms with Gasteiger partial charge in [-0.1, -0.05) is 18.2 Å². The fraction of sp³-hybridized carbons (Fsp3) is 0.267. The third-order valence-corrected chi connectivity index (χ3v) is 3.52. The van der Waals surface area contributed by atoms with E-state index in [-0.39, 0.29) is 24.8 Å². The SMILES string of the molecule is CN(Cc1nnc(-c2ccccc2)o1)C(=O)C[C@H]1NC(=O)NC1=O. The van der Waals surface area contributed by atoms with E-state index in [1.165, 1.54) is 4.90 Å². The van der Waals surface area contributed by atoms with Crippen molar-refractivity contribution in [2.45, 2.75) is 19.0 Å². The molecule has 1 aliphatic rings. The maximum Gasteiger partial charge on any atom is 0.322 e. The molecule has 1 atom stereocenters. The van der Waals surface area contributed by atoms with E-state index in [2.05, 4.69) is 20.8 Å². The number of urea groups is 1. The molecule has 9 nitrogen and oxygen atoms in total. The lowest BCUT2D eigenvalue weighted by molar-refractivity contribution is -0.133. The molecular formula is C15H15N5O4. The minimum atomic E-state index is -0.852. The van der Waals surface area contributed by atoms with Crippen molar-refractivity contribution < 1.29 is 18.8 Å². The highest BCUT2D eigenvalue weighted by molar-refractivity contribution is 6.05. The Bertz CT molecular complexity index is 773. The molecule has 0 aliphatic carbocycles. The molecule has 1 aromatic carbocycles. The van der Waals surface area contributed by atoms with Gasteiger partial charge in [-0.2, -0.15) is 0 Å². The first-order valence-corrected chi connectivity index (χ1v) is 7.26. The van der Waals surface area contributed by atoms with Gasteiger partial charge in [-0.25, -0.2) is 4.79 Å². The second kappa shape index (κ2) is 6.49. The van der Waals surface area contributed by atoms with E-state index in [1.54, 1.807) is 7.05 Å². The molecule has 0 radical (unpaired) electrons. The van der Waals surface area contributed by atoms with Crippen molar-refractivity contribution in [3.63, 3.8) is 0 Å². The zero-order valence-corrected chi connectivity index (χ0v) is 12.9. The molecule has 3 rings (SSSR count). The summed E-state index contributed by atoms with van der Waals surface area (Å²) < 4.78 is 5.53. The molecular weight excluding hydrogens is 314 g/mol. The molecule has 1 aliphatic heterocycles. The average molecular weight is 329 g/mol. The molecule has 0 unspecified atom stereocenters. The number of benzene rings is 1. The Labute approximate surface area is 137 Å². The van der Waals surface area contributed by atoms with E-state index >= 15 is 0 Å². The van der Waals surface area contributed by atoms with Crippen LogP contribution in [-0.4, -0.2) is 46.0 Å². The second-order valence-corrected chi connectivity index (χ2v) is 5.34. The summed E-state index contributed by atoms with van der Waals surface area (Å²) in [5.74, 6) is -0.179. The molecule has 1 fully saturated rings. The molecule has 0 bridgehead atoms. The normalized spacial score (nSPS) is 16.6. The lowest BCUT2D eigenvalue weighted by atomic mass is 10.2. The number of hydrogen-bond acceptors (Lipinski definition) is 6. The van der Waals surface area contributed by atoms with Gasteiger partial charge in [-0.15, -0.1) is 10.2 Å². The van der Waals surface area contributed by atoms with Gasteiger partial charge >= 0.3 is 6.03 Å². The Morgan fingerprint density at radius 1 is 1.25 bits per heavy atom.